The van der Waals surface area contributed by atoms with Gasteiger partial charge in [-0.1, -0.05) is 5.11 Å². The van der Waals surface area contributed by atoms with Gasteiger partial charge >= 0.3 is 17.9 Å². The van der Waals surface area contributed by atoms with Gasteiger partial charge in [-0.2, -0.15) is 0 Å². The minimum atomic E-state index is -1.75. The lowest BCUT2D eigenvalue weighted by atomic mass is 9.98. The standard InChI is InChI=1S/C22H27N3O12/c1-12(27)34-18-17(29)22(37-20(21(30)31-3)19(18)35-13(2)28)36-16-10-15(5-4-14(16)11-26)33-9-8-32-7-6-24-25-23/h4-5,10-11,17-20,22,29H,6-9H2,1-3H3/t17-,18-,19+,20+,22-/m1/s1. The Labute approximate surface area is 211 Å². The third kappa shape index (κ3) is 8.61. The smallest absolute Gasteiger partial charge is 0.339 e. The van der Waals surface area contributed by atoms with Crippen molar-refractivity contribution in [2.45, 2.75) is 44.6 Å². The molecule has 0 bridgehead atoms. The summed E-state index contributed by atoms with van der Waals surface area (Å²) >= 11 is 0. The minimum absolute atomic E-state index is 0.0505. The van der Waals surface area contributed by atoms with Crippen molar-refractivity contribution in [3.05, 3.63) is 34.2 Å². The highest BCUT2D eigenvalue weighted by Gasteiger charge is 2.53. The molecule has 1 heterocycles. The van der Waals surface area contributed by atoms with Gasteiger partial charge in [0.1, 0.15) is 18.1 Å². The molecule has 0 amide bonds. The van der Waals surface area contributed by atoms with Crippen molar-refractivity contribution in [3.8, 4) is 11.5 Å². The largest absolute Gasteiger partial charge is 0.491 e. The molecule has 1 saturated heterocycles. The second kappa shape index (κ2) is 14.6. The number of carbonyl (C=O) groups excluding carboxylic acids is 4. The number of benzene rings is 1. The van der Waals surface area contributed by atoms with Gasteiger partial charge in [-0.05, 0) is 17.7 Å². The van der Waals surface area contributed by atoms with Gasteiger partial charge in [0.2, 0.25) is 6.29 Å². The van der Waals surface area contributed by atoms with Crippen LogP contribution < -0.4 is 9.47 Å². The molecule has 15 nitrogen and oxygen atoms in total. The molecule has 5 atom stereocenters. The summed E-state index contributed by atoms with van der Waals surface area (Å²) in [4.78, 5) is 49.8. The average molecular weight is 525 g/mol. The lowest BCUT2D eigenvalue weighted by Gasteiger charge is -2.41. The van der Waals surface area contributed by atoms with Gasteiger partial charge in [-0.25, -0.2) is 4.79 Å². The van der Waals surface area contributed by atoms with Crippen LogP contribution in [0.5, 0.6) is 11.5 Å². The van der Waals surface area contributed by atoms with Crippen molar-refractivity contribution in [2.75, 3.05) is 33.5 Å². The summed E-state index contributed by atoms with van der Waals surface area (Å²) in [6, 6.07) is 4.22. The van der Waals surface area contributed by atoms with Crippen molar-refractivity contribution in [1.82, 2.24) is 0 Å². The van der Waals surface area contributed by atoms with E-state index in [0.717, 1.165) is 21.0 Å². The van der Waals surface area contributed by atoms with E-state index in [1.807, 2.05) is 0 Å². The number of aldehydes is 1. The first-order chi connectivity index (χ1) is 17.7. The molecule has 1 fully saturated rings. The van der Waals surface area contributed by atoms with Crippen LogP contribution in [0.25, 0.3) is 10.4 Å². The van der Waals surface area contributed by atoms with Crippen LogP contribution in [0.15, 0.2) is 23.3 Å². The summed E-state index contributed by atoms with van der Waals surface area (Å²) in [5, 5.41) is 14.2. The maximum absolute atomic E-state index is 12.4. The second-order valence-corrected chi connectivity index (χ2v) is 7.44. The van der Waals surface area contributed by atoms with E-state index >= 15 is 0 Å². The molecular weight excluding hydrogens is 498 g/mol. The van der Waals surface area contributed by atoms with Crippen LogP contribution in [0, 0.1) is 0 Å². The summed E-state index contributed by atoms with van der Waals surface area (Å²) < 4.78 is 36.9. The van der Waals surface area contributed by atoms with Gasteiger partial charge in [-0.3, -0.25) is 14.4 Å². The minimum Gasteiger partial charge on any atom is -0.491 e. The number of hydrogen-bond donors (Lipinski definition) is 1. The number of nitrogens with zero attached hydrogens (tertiary/aromatic N) is 3. The Hall–Kier alpha value is -3.91. The summed E-state index contributed by atoms with van der Waals surface area (Å²) in [6.45, 7) is 2.79. The van der Waals surface area contributed by atoms with Gasteiger partial charge in [0.25, 0.3) is 0 Å². The highest BCUT2D eigenvalue weighted by Crippen LogP contribution is 2.31. The highest BCUT2D eigenvalue weighted by molar-refractivity contribution is 5.80. The fourth-order valence-electron chi connectivity index (χ4n) is 3.28. The number of aliphatic hydroxyl groups is 1. The van der Waals surface area contributed by atoms with Gasteiger partial charge in [0.05, 0.1) is 25.9 Å². The maximum Gasteiger partial charge on any atom is 0.339 e. The molecule has 0 radical (unpaired) electrons. The number of hydrogen-bond acceptors (Lipinski definition) is 13. The van der Waals surface area contributed by atoms with Crippen LogP contribution in [0.2, 0.25) is 0 Å². The van der Waals surface area contributed by atoms with E-state index < -0.39 is 48.6 Å². The molecule has 1 aliphatic heterocycles. The lowest BCUT2D eigenvalue weighted by molar-refractivity contribution is -0.278. The first-order valence-corrected chi connectivity index (χ1v) is 10.9. The Balaban J connectivity index is 2.23. The summed E-state index contributed by atoms with van der Waals surface area (Å²) in [5.74, 6) is -2.48. The van der Waals surface area contributed by atoms with E-state index in [0.29, 0.717) is 6.29 Å². The molecular formula is C22H27N3O12. The summed E-state index contributed by atoms with van der Waals surface area (Å²) in [6.07, 6.45) is -7.65. The second-order valence-electron chi connectivity index (χ2n) is 7.44. The van der Waals surface area contributed by atoms with E-state index in [2.05, 4.69) is 10.0 Å². The number of esters is 3. The van der Waals surface area contributed by atoms with Gasteiger partial charge in [0, 0.05) is 31.4 Å². The fourth-order valence-corrected chi connectivity index (χ4v) is 3.28. The number of rotatable bonds is 13. The molecule has 1 aliphatic rings. The molecule has 1 aromatic carbocycles. The van der Waals surface area contributed by atoms with Crippen LogP contribution in [-0.4, -0.2) is 93.5 Å². The van der Waals surface area contributed by atoms with Crippen LogP contribution in [0.4, 0.5) is 0 Å². The van der Waals surface area contributed by atoms with E-state index in [1.165, 1.54) is 18.2 Å². The van der Waals surface area contributed by atoms with E-state index in [1.54, 1.807) is 0 Å². The molecule has 2 rings (SSSR count). The molecule has 0 aliphatic carbocycles. The maximum atomic E-state index is 12.4. The Bertz CT molecular complexity index is 1010. The lowest BCUT2D eigenvalue weighted by Crippen LogP contribution is -2.63. The SMILES string of the molecule is COC(=O)[C@H]1O[C@@H](Oc2cc(OCCOCCN=[N+]=[N-])ccc2C=O)[C@H](O)[C@@H](OC(C)=O)[C@@H]1OC(C)=O. The van der Waals surface area contributed by atoms with Gasteiger partial charge in [-0.15, -0.1) is 0 Å². The predicted molar refractivity (Wildman–Crippen MR) is 121 cm³/mol. The molecule has 1 aromatic rings. The molecule has 0 aromatic heterocycles. The quantitative estimate of drug-likeness (QED) is 0.0719. The van der Waals surface area contributed by atoms with Crippen molar-refractivity contribution in [3.63, 3.8) is 0 Å². The van der Waals surface area contributed by atoms with Crippen LogP contribution in [0.3, 0.4) is 0 Å². The van der Waals surface area contributed by atoms with Crippen LogP contribution in [-0.2, 0) is 38.1 Å². The highest BCUT2D eigenvalue weighted by atomic mass is 16.7. The van der Waals surface area contributed by atoms with Crippen molar-refractivity contribution >= 4 is 24.2 Å². The molecule has 0 spiro atoms. The molecule has 1 N–H and O–H groups in total. The Morgan fingerprint density at radius 1 is 1.14 bits per heavy atom. The topological polar surface area (TPSA) is 202 Å². The first-order valence-electron chi connectivity index (χ1n) is 10.9. The van der Waals surface area contributed by atoms with Gasteiger partial charge in [0.15, 0.2) is 30.7 Å². The molecule has 0 saturated carbocycles. The predicted octanol–water partition coefficient (Wildman–Crippen LogP) is 0.706. The average Bonchev–Trinajstić information content (AvgIpc) is 2.86. The monoisotopic (exact) mass is 525 g/mol. The van der Waals surface area contributed by atoms with E-state index in [-0.39, 0.29) is 43.4 Å². The van der Waals surface area contributed by atoms with Crippen molar-refractivity contribution < 1.29 is 57.4 Å². The number of azide groups is 1. The molecule has 15 heteroatoms. The number of aliphatic hydroxyl groups excluding tert-OH is 1. The zero-order valence-electron chi connectivity index (χ0n) is 20.3. The van der Waals surface area contributed by atoms with Crippen molar-refractivity contribution in [2.24, 2.45) is 5.11 Å². The van der Waals surface area contributed by atoms with Crippen molar-refractivity contribution in [1.29, 1.82) is 0 Å². The molecule has 0 unspecified atom stereocenters. The zero-order valence-corrected chi connectivity index (χ0v) is 20.3. The summed E-state index contributed by atoms with van der Waals surface area (Å²) in [5.41, 5.74) is 8.28. The third-order valence-corrected chi connectivity index (χ3v) is 4.81. The zero-order chi connectivity index (χ0) is 27.4. The number of ether oxygens (including phenoxy) is 7. The number of carbonyl (C=O) groups is 4. The fraction of sp³-hybridized carbons (Fsp3) is 0.545. The van der Waals surface area contributed by atoms with E-state index in [9.17, 15) is 24.3 Å². The molecule has 202 valence electrons. The normalized spacial score (nSPS) is 22.6. The third-order valence-electron chi connectivity index (χ3n) is 4.81. The Kier molecular flexibility index (Phi) is 11.6. The molecule has 37 heavy (non-hydrogen) atoms. The Morgan fingerprint density at radius 2 is 1.84 bits per heavy atom. The van der Waals surface area contributed by atoms with E-state index in [4.69, 9.17) is 38.7 Å². The number of methoxy groups -OCH3 is 1. The van der Waals surface area contributed by atoms with Gasteiger partial charge < -0.3 is 38.3 Å². The Morgan fingerprint density at radius 3 is 2.46 bits per heavy atom. The van der Waals surface area contributed by atoms with Crippen LogP contribution in [0.1, 0.15) is 24.2 Å². The summed E-state index contributed by atoms with van der Waals surface area (Å²) in [7, 11) is 1.06. The first kappa shape index (κ1) is 29.3. The van der Waals surface area contributed by atoms with Crippen LogP contribution >= 0.6 is 0 Å².